The molecule has 0 fully saturated rings. The maximum absolute atomic E-state index is 7.81. The van der Waals surface area contributed by atoms with Gasteiger partial charge in [0, 0.05) is 6.61 Å². The van der Waals surface area contributed by atoms with Crippen LogP contribution in [-0.2, 0) is 23.0 Å². The van der Waals surface area contributed by atoms with Gasteiger partial charge >= 0.3 is 0 Å². The van der Waals surface area contributed by atoms with Gasteiger partial charge in [0.15, 0.2) is 12.3 Å². The summed E-state index contributed by atoms with van der Waals surface area (Å²) in [4.78, 5) is 0. The molecule has 0 bridgehead atoms. The molecule has 19 heavy (non-hydrogen) atoms. The summed E-state index contributed by atoms with van der Waals surface area (Å²) < 4.78 is 19.7. The molecule has 0 aromatic carbocycles. The minimum atomic E-state index is 0.349. The molecule has 0 heterocycles. The van der Waals surface area contributed by atoms with Gasteiger partial charge in [0.05, 0.1) is 26.4 Å². The van der Waals surface area contributed by atoms with Crippen LogP contribution in [-0.4, -0.2) is 38.3 Å². The lowest BCUT2D eigenvalue weighted by molar-refractivity contribution is -0.434. The number of hydrogen-bond donors (Lipinski definition) is 1. The molecule has 0 aromatic heterocycles. The summed E-state index contributed by atoms with van der Waals surface area (Å²) in [5, 5.41) is 11.2. The van der Waals surface area contributed by atoms with Crippen molar-refractivity contribution in [3.63, 3.8) is 0 Å². The Morgan fingerprint density at radius 3 is 2.47 bits per heavy atom. The quantitative estimate of drug-likeness (QED) is 0.215. The zero-order valence-electron chi connectivity index (χ0n) is 11.8. The third-order valence-corrected chi connectivity index (χ3v) is 3.07. The van der Waals surface area contributed by atoms with E-state index < -0.39 is 0 Å². The highest BCUT2D eigenvalue weighted by Gasteiger charge is 2.05. The normalized spacial score (nSPS) is 12.8. The minimum absolute atomic E-state index is 0.349. The van der Waals surface area contributed by atoms with E-state index in [1.165, 1.54) is 25.7 Å². The van der Waals surface area contributed by atoms with Crippen molar-refractivity contribution in [2.45, 2.75) is 39.5 Å². The predicted molar refractivity (Wildman–Crippen MR) is 73.3 cm³/mol. The Labute approximate surface area is 120 Å². The van der Waals surface area contributed by atoms with E-state index in [0.29, 0.717) is 44.7 Å². The molecule has 0 aliphatic heterocycles. The van der Waals surface area contributed by atoms with E-state index in [4.69, 9.17) is 18.9 Å². The van der Waals surface area contributed by atoms with Crippen LogP contribution in [0.1, 0.15) is 39.5 Å². The Morgan fingerprint density at radius 1 is 1.05 bits per heavy atom. The van der Waals surface area contributed by atoms with Gasteiger partial charge < -0.3 is 9.47 Å². The maximum Gasteiger partial charge on any atom is 0.197 e. The highest BCUT2D eigenvalue weighted by atomic mass is 32.2. The van der Waals surface area contributed by atoms with Crippen LogP contribution in [0.25, 0.3) is 0 Å². The largest absolute Gasteiger partial charge is 0.379 e. The summed E-state index contributed by atoms with van der Waals surface area (Å²) in [7, 11) is 0. The number of hydrogen-bond acceptors (Lipinski definition) is 7. The SMILES string of the molecule is CCCCC(CC)COCCOCCOSOOO. The van der Waals surface area contributed by atoms with Crippen LogP contribution < -0.4 is 0 Å². The number of rotatable bonds is 15. The summed E-state index contributed by atoms with van der Waals surface area (Å²) in [5.41, 5.74) is 0. The standard InChI is InChI=1S/C12H26O6S/c1-3-5-6-12(4-2)11-15-8-7-14-9-10-16-19-18-17-13/h12-13H,3-11H2,1-2H3. The first kappa shape index (κ1) is 19.1. The molecule has 1 atom stereocenters. The van der Waals surface area contributed by atoms with Crippen LogP contribution in [0.15, 0.2) is 0 Å². The zero-order valence-corrected chi connectivity index (χ0v) is 12.7. The first-order valence-corrected chi connectivity index (χ1v) is 7.43. The van der Waals surface area contributed by atoms with E-state index in [1.807, 2.05) is 0 Å². The van der Waals surface area contributed by atoms with E-state index >= 15 is 0 Å². The monoisotopic (exact) mass is 298 g/mol. The van der Waals surface area contributed by atoms with Gasteiger partial charge in [-0.05, 0) is 12.3 Å². The van der Waals surface area contributed by atoms with Crippen molar-refractivity contribution >= 4 is 12.3 Å². The maximum atomic E-state index is 7.81. The van der Waals surface area contributed by atoms with E-state index in [2.05, 4.69) is 23.2 Å². The topological polar surface area (TPSA) is 66.4 Å². The van der Waals surface area contributed by atoms with Crippen molar-refractivity contribution in [3.8, 4) is 0 Å². The van der Waals surface area contributed by atoms with Crippen LogP contribution in [0, 0.1) is 5.92 Å². The first-order chi connectivity index (χ1) is 9.35. The molecule has 0 rings (SSSR count). The Kier molecular flexibility index (Phi) is 16.3. The van der Waals surface area contributed by atoms with E-state index in [0.717, 1.165) is 6.61 Å². The van der Waals surface area contributed by atoms with E-state index in [-0.39, 0.29) is 0 Å². The zero-order chi connectivity index (χ0) is 14.2. The summed E-state index contributed by atoms with van der Waals surface area (Å²) in [5.74, 6) is 0.662. The highest BCUT2D eigenvalue weighted by Crippen LogP contribution is 2.12. The molecular weight excluding hydrogens is 272 g/mol. The second-order valence-electron chi connectivity index (χ2n) is 4.14. The second-order valence-corrected chi connectivity index (χ2v) is 4.64. The smallest absolute Gasteiger partial charge is 0.197 e. The van der Waals surface area contributed by atoms with Gasteiger partial charge in [-0.25, -0.2) is 5.26 Å². The van der Waals surface area contributed by atoms with Crippen LogP contribution >= 0.6 is 12.3 Å². The lowest BCUT2D eigenvalue weighted by atomic mass is 10.0. The van der Waals surface area contributed by atoms with Gasteiger partial charge in [-0.3, -0.25) is 4.18 Å². The fraction of sp³-hybridized carbons (Fsp3) is 1.00. The Morgan fingerprint density at radius 2 is 1.79 bits per heavy atom. The Balaban J connectivity index is 3.16. The molecule has 0 aliphatic rings. The average Bonchev–Trinajstić information content (AvgIpc) is 2.44. The van der Waals surface area contributed by atoms with Crippen LogP contribution in [0.3, 0.4) is 0 Å². The van der Waals surface area contributed by atoms with Gasteiger partial charge in [-0.2, -0.15) is 0 Å². The first-order valence-electron chi connectivity index (χ1n) is 6.76. The van der Waals surface area contributed by atoms with Gasteiger partial charge in [0.1, 0.15) is 0 Å². The lowest BCUT2D eigenvalue weighted by Gasteiger charge is -2.14. The van der Waals surface area contributed by atoms with Gasteiger partial charge in [-0.1, -0.05) is 38.1 Å². The molecule has 0 radical (unpaired) electrons. The number of unbranched alkanes of at least 4 members (excludes halogenated alkanes) is 1. The third-order valence-electron chi connectivity index (χ3n) is 2.69. The van der Waals surface area contributed by atoms with Crippen LogP contribution in [0.5, 0.6) is 0 Å². The molecule has 1 unspecified atom stereocenters. The molecule has 0 aliphatic carbocycles. The fourth-order valence-electron chi connectivity index (χ4n) is 1.53. The van der Waals surface area contributed by atoms with Crippen LogP contribution in [0.2, 0.25) is 0 Å². The lowest BCUT2D eigenvalue weighted by Crippen LogP contribution is -2.13. The van der Waals surface area contributed by atoms with Gasteiger partial charge in [0.25, 0.3) is 0 Å². The second kappa shape index (κ2) is 16.2. The van der Waals surface area contributed by atoms with E-state index in [1.54, 1.807) is 0 Å². The summed E-state index contributed by atoms with van der Waals surface area (Å²) >= 11 is 0.553. The third kappa shape index (κ3) is 14.3. The highest BCUT2D eigenvalue weighted by molar-refractivity contribution is 7.89. The summed E-state index contributed by atoms with van der Waals surface area (Å²) in [6.45, 7) is 7.17. The minimum Gasteiger partial charge on any atom is -0.379 e. The van der Waals surface area contributed by atoms with Crippen LogP contribution in [0.4, 0.5) is 0 Å². The molecule has 0 saturated heterocycles. The van der Waals surface area contributed by atoms with Crippen molar-refractivity contribution in [1.82, 2.24) is 0 Å². The van der Waals surface area contributed by atoms with E-state index in [9.17, 15) is 0 Å². The van der Waals surface area contributed by atoms with Crippen molar-refractivity contribution in [2.24, 2.45) is 5.92 Å². The molecule has 6 nitrogen and oxygen atoms in total. The Hall–Kier alpha value is 0.110. The van der Waals surface area contributed by atoms with Crippen molar-refractivity contribution < 1.29 is 28.3 Å². The molecule has 0 spiro atoms. The summed E-state index contributed by atoms with van der Waals surface area (Å²) in [6, 6.07) is 0. The van der Waals surface area contributed by atoms with Crippen molar-refractivity contribution in [1.29, 1.82) is 0 Å². The van der Waals surface area contributed by atoms with Crippen molar-refractivity contribution in [3.05, 3.63) is 0 Å². The van der Waals surface area contributed by atoms with Crippen molar-refractivity contribution in [2.75, 3.05) is 33.0 Å². The fourth-order valence-corrected chi connectivity index (χ4v) is 1.73. The predicted octanol–water partition coefficient (Wildman–Crippen LogP) is 3.24. The molecule has 0 aromatic rings. The molecule has 7 heteroatoms. The molecule has 116 valence electrons. The number of ether oxygens (including phenoxy) is 2. The molecule has 0 saturated carbocycles. The summed E-state index contributed by atoms with van der Waals surface area (Å²) in [6.07, 6.45) is 4.92. The molecule has 1 N–H and O–H groups in total. The van der Waals surface area contributed by atoms with Gasteiger partial charge in [0.2, 0.25) is 0 Å². The molecular formula is C12H26O6S. The average molecular weight is 298 g/mol. The van der Waals surface area contributed by atoms with Gasteiger partial charge in [-0.15, -0.1) is 4.33 Å². The molecule has 0 amide bonds. The Bertz CT molecular complexity index is 172.